The van der Waals surface area contributed by atoms with Crippen molar-refractivity contribution < 1.29 is 9.59 Å². The van der Waals surface area contributed by atoms with E-state index in [9.17, 15) is 9.59 Å². The minimum Gasteiger partial charge on any atom is -0.366 e. The molecule has 4 nitrogen and oxygen atoms in total. The van der Waals surface area contributed by atoms with Crippen LogP contribution in [0.3, 0.4) is 0 Å². The quantitative estimate of drug-likeness (QED) is 0.834. The van der Waals surface area contributed by atoms with Gasteiger partial charge in [-0.1, -0.05) is 18.2 Å². The molecule has 0 radical (unpaired) electrons. The molecule has 0 fully saturated rings. The van der Waals surface area contributed by atoms with Gasteiger partial charge in [0, 0.05) is 16.1 Å². The largest absolute Gasteiger partial charge is 0.366 e. The zero-order valence-corrected chi connectivity index (χ0v) is 12.4. The minimum absolute atomic E-state index is 0.0873. The van der Waals surface area contributed by atoms with E-state index in [4.69, 9.17) is 5.73 Å². The summed E-state index contributed by atoms with van der Waals surface area (Å²) in [5.41, 5.74) is 6.23. The number of amides is 2. The Hall–Kier alpha value is -2.27. The van der Waals surface area contributed by atoms with E-state index < -0.39 is 5.91 Å². The molecule has 2 aromatic rings. The molecule has 0 saturated heterocycles. The molecule has 0 saturated carbocycles. The molecule has 2 aromatic carbocycles. The number of hydrogen-bond donors (Lipinski definition) is 2. The van der Waals surface area contributed by atoms with Crippen molar-refractivity contribution in [3.05, 3.63) is 60.2 Å². The maximum absolute atomic E-state index is 12.1. The predicted octanol–water partition coefficient (Wildman–Crippen LogP) is 2.90. The topological polar surface area (TPSA) is 72.2 Å². The van der Waals surface area contributed by atoms with Crippen LogP contribution in [0.2, 0.25) is 0 Å². The fourth-order valence-corrected chi connectivity index (χ4v) is 2.61. The summed E-state index contributed by atoms with van der Waals surface area (Å²) in [5, 5.41) is 2.60. The van der Waals surface area contributed by atoms with Crippen LogP contribution in [0.5, 0.6) is 0 Å². The molecule has 1 atom stereocenters. The lowest BCUT2D eigenvalue weighted by molar-refractivity contribution is -0.115. The van der Waals surface area contributed by atoms with Gasteiger partial charge in [0.1, 0.15) is 0 Å². The third kappa shape index (κ3) is 4.36. The predicted molar refractivity (Wildman–Crippen MR) is 85.4 cm³/mol. The van der Waals surface area contributed by atoms with Crippen molar-refractivity contribution in [3.63, 3.8) is 0 Å². The van der Waals surface area contributed by atoms with Gasteiger partial charge < -0.3 is 11.1 Å². The van der Waals surface area contributed by atoms with Gasteiger partial charge in [0.25, 0.3) is 0 Å². The normalized spacial score (nSPS) is 11.7. The van der Waals surface area contributed by atoms with Crippen LogP contribution in [0.15, 0.2) is 59.5 Å². The summed E-state index contributed by atoms with van der Waals surface area (Å²) in [6.45, 7) is 1.85. The van der Waals surface area contributed by atoms with Gasteiger partial charge in [0.05, 0.1) is 5.25 Å². The van der Waals surface area contributed by atoms with E-state index in [2.05, 4.69) is 5.32 Å². The average Bonchev–Trinajstić information content (AvgIpc) is 2.48. The van der Waals surface area contributed by atoms with Crippen molar-refractivity contribution >= 4 is 29.3 Å². The lowest BCUT2D eigenvalue weighted by atomic mass is 10.2. The van der Waals surface area contributed by atoms with Crippen molar-refractivity contribution in [1.82, 2.24) is 0 Å². The SMILES string of the molecule is CC(Sc1ccccc1)C(=O)Nc1ccc(C(N)=O)cc1. The first kappa shape index (κ1) is 15.1. The number of nitrogens with one attached hydrogen (secondary N) is 1. The molecular weight excluding hydrogens is 284 g/mol. The van der Waals surface area contributed by atoms with Crippen LogP contribution in [0.25, 0.3) is 0 Å². The summed E-state index contributed by atoms with van der Waals surface area (Å²) in [4.78, 5) is 24.1. The molecule has 0 aliphatic rings. The second-order valence-electron chi connectivity index (χ2n) is 4.50. The second-order valence-corrected chi connectivity index (χ2v) is 5.92. The van der Waals surface area contributed by atoms with Crippen molar-refractivity contribution in [1.29, 1.82) is 0 Å². The third-order valence-corrected chi connectivity index (χ3v) is 3.97. The van der Waals surface area contributed by atoms with Gasteiger partial charge in [-0.25, -0.2) is 0 Å². The van der Waals surface area contributed by atoms with Crippen LogP contribution in [0.1, 0.15) is 17.3 Å². The lowest BCUT2D eigenvalue weighted by Crippen LogP contribution is -2.22. The Kier molecular flexibility index (Phi) is 5.00. The van der Waals surface area contributed by atoms with Gasteiger partial charge in [-0.2, -0.15) is 0 Å². The summed E-state index contributed by atoms with van der Waals surface area (Å²) in [6, 6.07) is 16.3. The maximum atomic E-state index is 12.1. The molecule has 2 amide bonds. The molecule has 5 heteroatoms. The fraction of sp³-hybridized carbons (Fsp3) is 0.125. The molecule has 0 aliphatic carbocycles. The van der Waals surface area contributed by atoms with E-state index in [1.165, 1.54) is 11.8 Å². The van der Waals surface area contributed by atoms with Crippen molar-refractivity contribution in [2.75, 3.05) is 5.32 Å². The smallest absolute Gasteiger partial charge is 0.248 e. The molecule has 0 aliphatic heterocycles. The Morgan fingerprint density at radius 3 is 2.24 bits per heavy atom. The summed E-state index contributed by atoms with van der Waals surface area (Å²) in [5.74, 6) is -0.573. The molecule has 0 bridgehead atoms. The monoisotopic (exact) mass is 300 g/mol. The van der Waals surface area contributed by atoms with Gasteiger partial charge in [-0.3, -0.25) is 9.59 Å². The number of carbonyl (C=O) groups is 2. The molecule has 0 spiro atoms. The molecule has 2 rings (SSSR count). The lowest BCUT2D eigenvalue weighted by Gasteiger charge is -2.12. The van der Waals surface area contributed by atoms with Crippen LogP contribution in [0.4, 0.5) is 5.69 Å². The van der Waals surface area contributed by atoms with Crippen LogP contribution < -0.4 is 11.1 Å². The molecule has 1 unspecified atom stereocenters. The molecule has 0 aromatic heterocycles. The van der Waals surface area contributed by atoms with Crippen LogP contribution in [-0.2, 0) is 4.79 Å². The zero-order valence-electron chi connectivity index (χ0n) is 11.6. The summed E-state index contributed by atoms with van der Waals surface area (Å²) in [7, 11) is 0. The first-order valence-corrected chi connectivity index (χ1v) is 7.36. The third-order valence-electron chi connectivity index (χ3n) is 2.86. The second kappa shape index (κ2) is 6.95. The number of benzene rings is 2. The highest BCUT2D eigenvalue weighted by Gasteiger charge is 2.14. The number of nitrogens with two attached hydrogens (primary N) is 1. The number of carbonyl (C=O) groups excluding carboxylic acids is 2. The fourth-order valence-electron chi connectivity index (χ4n) is 1.72. The first-order valence-electron chi connectivity index (χ1n) is 6.48. The highest BCUT2D eigenvalue weighted by Crippen LogP contribution is 2.23. The van der Waals surface area contributed by atoms with E-state index in [-0.39, 0.29) is 11.2 Å². The highest BCUT2D eigenvalue weighted by molar-refractivity contribution is 8.00. The van der Waals surface area contributed by atoms with Crippen molar-refractivity contribution in [2.45, 2.75) is 17.1 Å². The van der Waals surface area contributed by atoms with Gasteiger partial charge in [0.2, 0.25) is 11.8 Å². The number of thioether (sulfide) groups is 1. The highest BCUT2D eigenvalue weighted by atomic mass is 32.2. The van der Waals surface area contributed by atoms with E-state index in [0.29, 0.717) is 11.3 Å². The summed E-state index contributed by atoms with van der Waals surface area (Å²) < 4.78 is 0. The Morgan fingerprint density at radius 2 is 1.67 bits per heavy atom. The van der Waals surface area contributed by atoms with Crippen LogP contribution in [0, 0.1) is 0 Å². The average molecular weight is 300 g/mol. The summed E-state index contributed by atoms with van der Waals surface area (Å²) in [6.07, 6.45) is 0. The number of primary amides is 1. The molecule has 3 N–H and O–H groups in total. The van der Waals surface area contributed by atoms with Crippen LogP contribution >= 0.6 is 11.8 Å². The number of hydrogen-bond acceptors (Lipinski definition) is 3. The summed E-state index contributed by atoms with van der Waals surface area (Å²) >= 11 is 1.49. The molecule has 21 heavy (non-hydrogen) atoms. The van der Waals surface area contributed by atoms with E-state index in [1.54, 1.807) is 24.3 Å². The van der Waals surface area contributed by atoms with Gasteiger partial charge in [-0.05, 0) is 43.3 Å². The van der Waals surface area contributed by atoms with E-state index >= 15 is 0 Å². The molecular formula is C16H16N2O2S. The van der Waals surface area contributed by atoms with Gasteiger partial charge in [0.15, 0.2) is 0 Å². The Morgan fingerprint density at radius 1 is 1.05 bits per heavy atom. The standard InChI is InChI=1S/C16H16N2O2S/c1-11(21-14-5-3-2-4-6-14)16(20)18-13-9-7-12(8-10-13)15(17)19/h2-11H,1H3,(H2,17,19)(H,18,20). The maximum Gasteiger partial charge on any atom is 0.248 e. The van der Waals surface area contributed by atoms with Crippen molar-refractivity contribution in [2.24, 2.45) is 5.73 Å². The minimum atomic E-state index is -0.485. The number of anilines is 1. The van der Waals surface area contributed by atoms with E-state index in [0.717, 1.165) is 4.90 Å². The first-order chi connectivity index (χ1) is 10.1. The Labute approximate surface area is 127 Å². The van der Waals surface area contributed by atoms with Crippen molar-refractivity contribution in [3.8, 4) is 0 Å². The Balaban J connectivity index is 1.95. The zero-order chi connectivity index (χ0) is 15.2. The van der Waals surface area contributed by atoms with Gasteiger partial charge in [-0.15, -0.1) is 11.8 Å². The Bertz CT molecular complexity index is 626. The van der Waals surface area contributed by atoms with Gasteiger partial charge >= 0.3 is 0 Å². The number of rotatable bonds is 5. The van der Waals surface area contributed by atoms with Crippen LogP contribution in [-0.4, -0.2) is 17.1 Å². The molecule has 0 heterocycles. The molecule has 108 valence electrons. The van der Waals surface area contributed by atoms with E-state index in [1.807, 2.05) is 37.3 Å².